The molecule has 0 fully saturated rings. The SMILES string of the molecule is CN(C)CC(CN(C)C)C(=O)/C=C\c1ccccc1. The highest BCUT2D eigenvalue weighted by atomic mass is 16.1. The summed E-state index contributed by atoms with van der Waals surface area (Å²) in [4.78, 5) is 16.4. The highest BCUT2D eigenvalue weighted by molar-refractivity contribution is 5.95. The second-order valence-corrected chi connectivity index (χ2v) is 5.37. The van der Waals surface area contributed by atoms with Crippen molar-refractivity contribution in [3.05, 3.63) is 42.0 Å². The largest absolute Gasteiger partial charge is 0.309 e. The Balaban J connectivity index is 2.68. The lowest BCUT2D eigenvalue weighted by molar-refractivity contribution is -0.119. The van der Waals surface area contributed by atoms with Gasteiger partial charge in [0.25, 0.3) is 0 Å². The summed E-state index contributed by atoms with van der Waals surface area (Å²) in [6.45, 7) is 1.55. The van der Waals surface area contributed by atoms with Crippen molar-refractivity contribution >= 4 is 11.9 Å². The van der Waals surface area contributed by atoms with Gasteiger partial charge < -0.3 is 9.80 Å². The van der Waals surface area contributed by atoms with E-state index in [-0.39, 0.29) is 11.7 Å². The van der Waals surface area contributed by atoms with Gasteiger partial charge in [0.2, 0.25) is 0 Å². The van der Waals surface area contributed by atoms with Crippen molar-refractivity contribution in [3.8, 4) is 0 Å². The third-order valence-corrected chi connectivity index (χ3v) is 2.81. The van der Waals surface area contributed by atoms with Crippen molar-refractivity contribution in [2.45, 2.75) is 0 Å². The van der Waals surface area contributed by atoms with Crippen molar-refractivity contribution in [3.63, 3.8) is 0 Å². The normalized spacial score (nSPS) is 11.9. The van der Waals surface area contributed by atoms with Crippen molar-refractivity contribution in [1.29, 1.82) is 0 Å². The number of ketones is 1. The lowest BCUT2D eigenvalue weighted by atomic mass is 10.0. The molecular weight excluding hydrogens is 236 g/mol. The van der Waals surface area contributed by atoms with Crippen LogP contribution in [0, 0.1) is 5.92 Å². The summed E-state index contributed by atoms with van der Waals surface area (Å²) in [5.74, 6) is 0.205. The van der Waals surface area contributed by atoms with Gasteiger partial charge in [0.05, 0.1) is 0 Å². The van der Waals surface area contributed by atoms with E-state index in [1.54, 1.807) is 6.08 Å². The van der Waals surface area contributed by atoms with E-state index in [1.165, 1.54) is 0 Å². The van der Waals surface area contributed by atoms with Crippen LogP contribution in [-0.4, -0.2) is 56.9 Å². The summed E-state index contributed by atoms with van der Waals surface area (Å²) in [5, 5.41) is 0. The lowest BCUT2D eigenvalue weighted by Gasteiger charge is -2.22. The second kappa shape index (κ2) is 7.87. The molecule has 0 saturated heterocycles. The summed E-state index contributed by atoms with van der Waals surface area (Å²) in [5.41, 5.74) is 1.06. The number of carbonyl (C=O) groups excluding carboxylic acids is 1. The average molecular weight is 260 g/mol. The van der Waals surface area contributed by atoms with E-state index in [4.69, 9.17) is 0 Å². The quantitative estimate of drug-likeness (QED) is 0.701. The van der Waals surface area contributed by atoms with E-state index in [2.05, 4.69) is 9.80 Å². The molecule has 1 aromatic rings. The molecule has 0 aliphatic heterocycles. The summed E-state index contributed by atoms with van der Waals surface area (Å²) < 4.78 is 0. The molecular formula is C16H24N2O. The molecule has 1 aromatic carbocycles. The third-order valence-electron chi connectivity index (χ3n) is 2.81. The number of nitrogens with zero attached hydrogens (tertiary/aromatic N) is 2. The second-order valence-electron chi connectivity index (χ2n) is 5.37. The Morgan fingerprint density at radius 3 is 2.05 bits per heavy atom. The number of allylic oxidation sites excluding steroid dienone is 1. The molecule has 0 heterocycles. The Labute approximate surface area is 116 Å². The van der Waals surface area contributed by atoms with Gasteiger partial charge in [-0.3, -0.25) is 4.79 Å². The van der Waals surface area contributed by atoms with Gasteiger partial charge in [-0.2, -0.15) is 0 Å². The molecule has 0 saturated carbocycles. The molecule has 1 rings (SSSR count). The molecule has 0 aliphatic rings. The van der Waals surface area contributed by atoms with Crippen molar-refractivity contribution < 1.29 is 4.79 Å². The Morgan fingerprint density at radius 1 is 1.05 bits per heavy atom. The molecule has 104 valence electrons. The lowest BCUT2D eigenvalue weighted by Crippen LogP contribution is -2.34. The summed E-state index contributed by atoms with van der Waals surface area (Å²) in [7, 11) is 7.99. The zero-order valence-corrected chi connectivity index (χ0v) is 12.3. The number of benzene rings is 1. The number of hydrogen-bond donors (Lipinski definition) is 0. The highest BCUT2D eigenvalue weighted by Gasteiger charge is 2.17. The van der Waals surface area contributed by atoms with E-state index in [9.17, 15) is 4.79 Å². The van der Waals surface area contributed by atoms with Crippen LogP contribution >= 0.6 is 0 Å². The van der Waals surface area contributed by atoms with Crippen LogP contribution in [0.1, 0.15) is 5.56 Å². The fourth-order valence-corrected chi connectivity index (χ4v) is 2.00. The maximum atomic E-state index is 12.2. The first kappa shape index (κ1) is 15.6. The predicted octanol–water partition coefficient (Wildman–Crippen LogP) is 2.01. The highest BCUT2D eigenvalue weighted by Crippen LogP contribution is 2.07. The molecule has 0 aromatic heterocycles. The van der Waals surface area contributed by atoms with Crippen LogP contribution in [0.4, 0.5) is 0 Å². The Bertz CT molecular complexity index is 400. The van der Waals surface area contributed by atoms with Crippen LogP contribution in [0.2, 0.25) is 0 Å². The van der Waals surface area contributed by atoms with Crippen LogP contribution in [-0.2, 0) is 4.79 Å². The van der Waals surface area contributed by atoms with Crippen LogP contribution in [0.25, 0.3) is 6.08 Å². The monoisotopic (exact) mass is 260 g/mol. The Hall–Kier alpha value is -1.45. The number of carbonyl (C=O) groups is 1. The van der Waals surface area contributed by atoms with Gasteiger partial charge in [-0.25, -0.2) is 0 Å². The first-order valence-corrected chi connectivity index (χ1v) is 6.55. The van der Waals surface area contributed by atoms with Crippen LogP contribution in [0.5, 0.6) is 0 Å². The van der Waals surface area contributed by atoms with Crippen molar-refractivity contribution in [2.75, 3.05) is 41.3 Å². The molecule has 3 nitrogen and oxygen atoms in total. The average Bonchev–Trinajstić information content (AvgIpc) is 2.35. The number of rotatable bonds is 7. The first-order valence-electron chi connectivity index (χ1n) is 6.55. The zero-order chi connectivity index (χ0) is 14.3. The minimum atomic E-state index is 0.0185. The van der Waals surface area contributed by atoms with Gasteiger partial charge in [0, 0.05) is 19.0 Å². The molecule has 0 aliphatic carbocycles. The molecule has 0 bridgehead atoms. The minimum absolute atomic E-state index is 0.0185. The molecule has 0 atom stereocenters. The molecule has 3 heteroatoms. The van der Waals surface area contributed by atoms with Crippen molar-refractivity contribution in [1.82, 2.24) is 9.80 Å². The van der Waals surface area contributed by atoms with Crippen molar-refractivity contribution in [2.24, 2.45) is 5.92 Å². The Kier molecular flexibility index (Phi) is 6.46. The molecule has 0 amide bonds. The van der Waals surface area contributed by atoms with E-state index >= 15 is 0 Å². The molecule has 0 spiro atoms. The third kappa shape index (κ3) is 6.32. The maximum Gasteiger partial charge on any atom is 0.161 e. The first-order chi connectivity index (χ1) is 8.99. The van der Waals surface area contributed by atoms with Gasteiger partial charge in [-0.1, -0.05) is 36.4 Å². The number of hydrogen-bond acceptors (Lipinski definition) is 3. The molecule has 0 radical (unpaired) electrons. The van der Waals surface area contributed by atoms with Crippen LogP contribution < -0.4 is 0 Å². The minimum Gasteiger partial charge on any atom is -0.309 e. The smallest absolute Gasteiger partial charge is 0.161 e. The molecule has 0 unspecified atom stereocenters. The van der Waals surface area contributed by atoms with E-state index in [1.807, 2.05) is 64.6 Å². The van der Waals surface area contributed by atoms with E-state index in [0.29, 0.717) is 0 Å². The topological polar surface area (TPSA) is 23.6 Å². The fourth-order valence-electron chi connectivity index (χ4n) is 2.00. The van der Waals surface area contributed by atoms with Gasteiger partial charge >= 0.3 is 0 Å². The van der Waals surface area contributed by atoms with Crippen LogP contribution in [0.15, 0.2) is 36.4 Å². The van der Waals surface area contributed by atoms with Gasteiger partial charge in [0.15, 0.2) is 5.78 Å². The Morgan fingerprint density at radius 2 is 1.58 bits per heavy atom. The summed E-state index contributed by atoms with van der Waals surface area (Å²) in [6.07, 6.45) is 3.59. The molecule has 0 N–H and O–H groups in total. The van der Waals surface area contributed by atoms with Crippen LogP contribution in [0.3, 0.4) is 0 Å². The standard InChI is InChI=1S/C16H24N2O/c1-17(2)12-15(13-18(3)4)16(19)11-10-14-8-6-5-7-9-14/h5-11,15H,12-13H2,1-4H3/b11-10-. The van der Waals surface area contributed by atoms with E-state index in [0.717, 1.165) is 18.7 Å². The summed E-state index contributed by atoms with van der Waals surface area (Å²) >= 11 is 0. The van der Waals surface area contributed by atoms with Gasteiger partial charge in [0.1, 0.15) is 0 Å². The zero-order valence-electron chi connectivity index (χ0n) is 12.3. The van der Waals surface area contributed by atoms with Gasteiger partial charge in [-0.15, -0.1) is 0 Å². The summed E-state index contributed by atoms with van der Waals surface area (Å²) in [6, 6.07) is 9.91. The van der Waals surface area contributed by atoms with E-state index < -0.39 is 0 Å². The fraction of sp³-hybridized carbons (Fsp3) is 0.438. The maximum absolute atomic E-state index is 12.2. The molecule has 19 heavy (non-hydrogen) atoms. The van der Waals surface area contributed by atoms with Gasteiger partial charge in [-0.05, 0) is 39.8 Å². The predicted molar refractivity (Wildman–Crippen MR) is 81.1 cm³/mol.